The van der Waals surface area contributed by atoms with Gasteiger partial charge in [-0.15, -0.1) is 5.10 Å². The number of nitrogens with zero attached hydrogens (tertiary/aromatic N) is 3. The lowest BCUT2D eigenvalue weighted by atomic mass is 9.67. The molecule has 1 heterocycles. The molecule has 0 saturated heterocycles. The van der Waals surface area contributed by atoms with E-state index in [-0.39, 0.29) is 5.56 Å². The third kappa shape index (κ3) is 1.99. The standard InChI is InChI=1S/C14H17N3O2/c1-2-14(6-3-7-14)9-17-12-5-4-10(13(18)19)8-11(12)15-16-17/h4-5,8H,2-3,6-7,9H2,1H3,(H,18,19). The molecule has 0 unspecified atom stereocenters. The van der Waals surface area contributed by atoms with Crippen LogP contribution in [0.1, 0.15) is 43.0 Å². The van der Waals surface area contributed by atoms with Crippen molar-refractivity contribution in [2.45, 2.75) is 39.2 Å². The Hall–Kier alpha value is -1.91. The van der Waals surface area contributed by atoms with Crippen LogP contribution in [0.5, 0.6) is 0 Å². The van der Waals surface area contributed by atoms with Crippen LogP contribution in [0.25, 0.3) is 11.0 Å². The molecule has 0 aliphatic heterocycles. The van der Waals surface area contributed by atoms with Gasteiger partial charge in [0.15, 0.2) is 0 Å². The number of carboxylic acid groups (broad SMARTS) is 1. The Labute approximate surface area is 111 Å². The van der Waals surface area contributed by atoms with E-state index in [2.05, 4.69) is 17.2 Å². The molecule has 1 fully saturated rings. The molecule has 1 aliphatic rings. The van der Waals surface area contributed by atoms with Crippen molar-refractivity contribution in [2.75, 3.05) is 0 Å². The van der Waals surface area contributed by atoms with Gasteiger partial charge in [-0.1, -0.05) is 18.6 Å². The Kier molecular flexibility index (Phi) is 2.77. The first-order chi connectivity index (χ1) is 9.13. The van der Waals surface area contributed by atoms with Gasteiger partial charge in [0.1, 0.15) is 5.52 Å². The second-order valence-corrected chi connectivity index (χ2v) is 5.46. The zero-order valence-corrected chi connectivity index (χ0v) is 11.0. The number of aromatic nitrogens is 3. The SMILES string of the molecule is CCC1(Cn2nnc3cc(C(=O)O)ccc32)CCC1. The third-order valence-corrected chi connectivity index (χ3v) is 4.41. The van der Waals surface area contributed by atoms with E-state index >= 15 is 0 Å². The monoisotopic (exact) mass is 259 g/mol. The van der Waals surface area contributed by atoms with Crippen LogP contribution in [-0.4, -0.2) is 26.1 Å². The molecule has 1 aromatic heterocycles. The van der Waals surface area contributed by atoms with E-state index in [1.807, 2.05) is 4.68 Å². The molecule has 2 aromatic rings. The lowest BCUT2D eigenvalue weighted by Gasteiger charge is -2.41. The summed E-state index contributed by atoms with van der Waals surface area (Å²) >= 11 is 0. The van der Waals surface area contributed by atoms with Gasteiger partial charge >= 0.3 is 5.97 Å². The molecule has 5 nitrogen and oxygen atoms in total. The number of benzene rings is 1. The van der Waals surface area contributed by atoms with Crippen molar-refractivity contribution in [1.82, 2.24) is 15.0 Å². The van der Waals surface area contributed by atoms with Crippen LogP contribution in [0.4, 0.5) is 0 Å². The van der Waals surface area contributed by atoms with E-state index in [0.29, 0.717) is 10.9 Å². The molecule has 19 heavy (non-hydrogen) atoms. The zero-order valence-electron chi connectivity index (χ0n) is 11.0. The van der Waals surface area contributed by atoms with Gasteiger partial charge in [-0.3, -0.25) is 0 Å². The summed E-state index contributed by atoms with van der Waals surface area (Å²) in [6.45, 7) is 3.10. The number of rotatable bonds is 4. The Balaban J connectivity index is 1.95. The van der Waals surface area contributed by atoms with Crippen molar-refractivity contribution in [3.8, 4) is 0 Å². The summed E-state index contributed by atoms with van der Waals surface area (Å²) in [5.41, 5.74) is 2.20. The number of fused-ring (bicyclic) bond motifs is 1. The Morgan fingerprint density at radius 2 is 2.26 bits per heavy atom. The summed E-state index contributed by atoms with van der Waals surface area (Å²) in [6, 6.07) is 5.01. The second-order valence-electron chi connectivity index (χ2n) is 5.46. The number of carboxylic acids is 1. The van der Waals surface area contributed by atoms with E-state index in [4.69, 9.17) is 5.11 Å². The minimum absolute atomic E-state index is 0.258. The van der Waals surface area contributed by atoms with Crippen molar-refractivity contribution < 1.29 is 9.90 Å². The second kappa shape index (κ2) is 4.33. The fraction of sp³-hybridized carbons (Fsp3) is 0.500. The highest BCUT2D eigenvalue weighted by molar-refractivity contribution is 5.92. The van der Waals surface area contributed by atoms with Crippen LogP contribution in [0.2, 0.25) is 0 Å². The van der Waals surface area contributed by atoms with Gasteiger partial charge < -0.3 is 5.11 Å². The first-order valence-corrected chi connectivity index (χ1v) is 6.70. The van der Waals surface area contributed by atoms with E-state index in [9.17, 15) is 4.79 Å². The lowest BCUT2D eigenvalue weighted by Crippen LogP contribution is -2.33. The van der Waals surface area contributed by atoms with Crippen LogP contribution in [-0.2, 0) is 6.54 Å². The van der Waals surface area contributed by atoms with Gasteiger partial charge in [0.05, 0.1) is 11.1 Å². The Morgan fingerprint density at radius 1 is 1.47 bits per heavy atom. The minimum atomic E-state index is -0.930. The predicted octanol–water partition coefficient (Wildman–Crippen LogP) is 2.71. The van der Waals surface area contributed by atoms with Crippen molar-refractivity contribution >= 4 is 17.0 Å². The molecule has 1 saturated carbocycles. The number of aromatic carboxylic acids is 1. The Morgan fingerprint density at radius 3 is 2.84 bits per heavy atom. The van der Waals surface area contributed by atoms with Crippen LogP contribution >= 0.6 is 0 Å². The van der Waals surface area contributed by atoms with Crippen molar-refractivity contribution in [2.24, 2.45) is 5.41 Å². The molecular weight excluding hydrogens is 242 g/mol. The van der Waals surface area contributed by atoms with Crippen molar-refractivity contribution in [3.63, 3.8) is 0 Å². The van der Waals surface area contributed by atoms with Crippen LogP contribution in [0.3, 0.4) is 0 Å². The van der Waals surface area contributed by atoms with E-state index in [1.54, 1.807) is 18.2 Å². The quantitative estimate of drug-likeness (QED) is 0.916. The van der Waals surface area contributed by atoms with E-state index in [1.165, 1.54) is 19.3 Å². The smallest absolute Gasteiger partial charge is 0.335 e. The van der Waals surface area contributed by atoms with Gasteiger partial charge in [0.2, 0.25) is 0 Å². The van der Waals surface area contributed by atoms with E-state index < -0.39 is 5.97 Å². The highest BCUT2D eigenvalue weighted by Crippen LogP contribution is 2.45. The number of hydrogen-bond donors (Lipinski definition) is 1. The summed E-state index contributed by atoms with van der Waals surface area (Å²) in [5, 5.41) is 17.2. The molecule has 0 atom stereocenters. The molecular formula is C14H17N3O2. The number of carbonyl (C=O) groups is 1. The van der Waals surface area contributed by atoms with Crippen LogP contribution in [0.15, 0.2) is 18.2 Å². The normalized spacial score (nSPS) is 17.3. The predicted molar refractivity (Wildman–Crippen MR) is 71.1 cm³/mol. The van der Waals surface area contributed by atoms with Crippen molar-refractivity contribution in [3.05, 3.63) is 23.8 Å². The molecule has 0 amide bonds. The van der Waals surface area contributed by atoms with E-state index in [0.717, 1.165) is 18.5 Å². The average Bonchev–Trinajstić information content (AvgIpc) is 2.76. The van der Waals surface area contributed by atoms with Gasteiger partial charge in [0, 0.05) is 6.54 Å². The summed E-state index contributed by atoms with van der Waals surface area (Å²) < 4.78 is 1.92. The van der Waals surface area contributed by atoms with Crippen molar-refractivity contribution in [1.29, 1.82) is 0 Å². The molecule has 100 valence electrons. The van der Waals surface area contributed by atoms with Gasteiger partial charge in [-0.2, -0.15) is 0 Å². The highest BCUT2D eigenvalue weighted by Gasteiger charge is 2.36. The van der Waals surface area contributed by atoms with Crippen LogP contribution < -0.4 is 0 Å². The summed E-state index contributed by atoms with van der Waals surface area (Å²) in [7, 11) is 0. The van der Waals surface area contributed by atoms with Gasteiger partial charge in [0.25, 0.3) is 0 Å². The molecule has 1 aliphatic carbocycles. The lowest BCUT2D eigenvalue weighted by molar-refractivity contribution is 0.0697. The maximum atomic E-state index is 10.9. The maximum absolute atomic E-state index is 10.9. The Bertz CT molecular complexity index is 623. The average molecular weight is 259 g/mol. The molecule has 5 heteroatoms. The summed E-state index contributed by atoms with van der Waals surface area (Å²) in [4.78, 5) is 10.9. The first kappa shape index (κ1) is 12.1. The number of hydrogen-bond acceptors (Lipinski definition) is 3. The van der Waals surface area contributed by atoms with Gasteiger partial charge in [-0.05, 0) is 42.9 Å². The highest BCUT2D eigenvalue weighted by atomic mass is 16.4. The molecule has 0 bridgehead atoms. The molecule has 3 rings (SSSR count). The van der Waals surface area contributed by atoms with Crippen LogP contribution in [0, 0.1) is 5.41 Å². The van der Waals surface area contributed by atoms with Gasteiger partial charge in [-0.25, -0.2) is 9.48 Å². The molecule has 1 aromatic carbocycles. The summed E-state index contributed by atoms with van der Waals surface area (Å²) in [6.07, 6.45) is 4.95. The largest absolute Gasteiger partial charge is 0.478 e. The summed E-state index contributed by atoms with van der Waals surface area (Å²) in [5.74, 6) is -0.930. The fourth-order valence-electron chi connectivity index (χ4n) is 2.84. The zero-order chi connectivity index (χ0) is 13.5. The maximum Gasteiger partial charge on any atom is 0.335 e. The minimum Gasteiger partial charge on any atom is -0.478 e. The molecule has 0 radical (unpaired) electrons. The molecule has 1 N–H and O–H groups in total. The fourth-order valence-corrected chi connectivity index (χ4v) is 2.84. The molecule has 0 spiro atoms. The third-order valence-electron chi connectivity index (χ3n) is 4.41. The first-order valence-electron chi connectivity index (χ1n) is 6.70. The topological polar surface area (TPSA) is 68.0 Å².